The summed E-state index contributed by atoms with van der Waals surface area (Å²) in [6.07, 6.45) is -1.26. The quantitative estimate of drug-likeness (QED) is 0.636. The van der Waals surface area contributed by atoms with E-state index < -0.39 is 12.7 Å². The lowest BCUT2D eigenvalue weighted by molar-refractivity contribution is -0.149. The minimum Gasteiger partial charge on any atom is -0.317 e. The summed E-state index contributed by atoms with van der Waals surface area (Å²) in [5.41, 5.74) is 0. The first kappa shape index (κ1) is 16.7. The fraction of sp³-hybridized carbons (Fsp3) is 1.00. The van der Waals surface area contributed by atoms with Crippen LogP contribution in [-0.2, 0) is 0 Å². The predicted molar refractivity (Wildman–Crippen MR) is 65.2 cm³/mol. The SMILES string of the molecule is CCCNCCCCN(CC(F)(F)F)C(C)C. The maximum Gasteiger partial charge on any atom is 0.401 e. The van der Waals surface area contributed by atoms with Gasteiger partial charge in [0.25, 0.3) is 0 Å². The van der Waals surface area contributed by atoms with E-state index in [1.54, 1.807) is 13.8 Å². The zero-order valence-electron chi connectivity index (χ0n) is 11.1. The molecule has 0 heterocycles. The third kappa shape index (κ3) is 10.6. The van der Waals surface area contributed by atoms with Crippen molar-refractivity contribution in [3.8, 4) is 0 Å². The molecule has 0 unspecified atom stereocenters. The van der Waals surface area contributed by atoms with Crippen molar-refractivity contribution in [1.82, 2.24) is 10.2 Å². The van der Waals surface area contributed by atoms with Gasteiger partial charge in [-0.15, -0.1) is 0 Å². The van der Waals surface area contributed by atoms with Crippen LogP contribution in [0.2, 0.25) is 0 Å². The topological polar surface area (TPSA) is 15.3 Å². The van der Waals surface area contributed by atoms with Crippen LogP contribution in [0, 0.1) is 0 Å². The average Bonchev–Trinajstić information content (AvgIpc) is 2.19. The van der Waals surface area contributed by atoms with Gasteiger partial charge in [-0.1, -0.05) is 6.92 Å². The van der Waals surface area contributed by atoms with Gasteiger partial charge >= 0.3 is 6.18 Å². The van der Waals surface area contributed by atoms with Gasteiger partial charge in [0.2, 0.25) is 0 Å². The molecule has 0 aromatic carbocycles. The molecular weight excluding hydrogens is 229 g/mol. The maximum absolute atomic E-state index is 12.3. The molecule has 0 amide bonds. The fourth-order valence-corrected chi connectivity index (χ4v) is 1.62. The Morgan fingerprint density at radius 2 is 1.76 bits per heavy atom. The third-order valence-electron chi connectivity index (χ3n) is 2.59. The number of rotatable bonds is 9. The van der Waals surface area contributed by atoms with E-state index in [4.69, 9.17) is 0 Å². The minimum atomic E-state index is -4.09. The second-order valence-corrected chi connectivity index (χ2v) is 4.64. The van der Waals surface area contributed by atoms with Gasteiger partial charge in [-0.3, -0.25) is 4.90 Å². The summed E-state index contributed by atoms with van der Waals surface area (Å²) in [4.78, 5) is 1.49. The van der Waals surface area contributed by atoms with Gasteiger partial charge < -0.3 is 5.32 Å². The summed E-state index contributed by atoms with van der Waals surface area (Å²) in [6, 6.07) is -0.0553. The lowest BCUT2D eigenvalue weighted by atomic mass is 10.2. The molecule has 0 aromatic heterocycles. The van der Waals surface area contributed by atoms with Crippen LogP contribution in [0.25, 0.3) is 0 Å². The molecule has 0 bridgehead atoms. The Morgan fingerprint density at radius 1 is 1.12 bits per heavy atom. The van der Waals surface area contributed by atoms with Gasteiger partial charge in [-0.25, -0.2) is 0 Å². The Labute approximate surface area is 103 Å². The van der Waals surface area contributed by atoms with E-state index in [0.717, 1.165) is 32.4 Å². The van der Waals surface area contributed by atoms with Crippen LogP contribution < -0.4 is 5.32 Å². The molecule has 0 aliphatic rings. The molecule has 0 radical (unpaired) electrons. The molecule has 5 heteroatoms. The van der Waals surface area contributed by atoms with Crippen LogP contribution in [0.15, 0.2) is 0 Å². The van der Waals surface area contributed by atoms with Crippen molar-refractivity contribution in [2.75, 3.05) is 26.2 Å². The molecule has 0 spiro atoms. The number of hydrogen-bond donors (Lipinski definition) is 1. The largest absolute Gasteiger partial charge is 0.401 e. The molecular formula is C12H25F3N2. The summed E-state index contributed by atoms with van der Waals surface area (Å²) in [7, 11) is 0. The average molecular weight is 254 g/mol. The lowest BCUT2D eigenvalue weighted by Gasteiger charge is -2.27. The molecule has 2 nitrogen and oxygen atoms in total. The first-order valence-electron chi connectivity index (χ1n) is 6.38. The summed E-state index contributed by atoms with van der Waals surface area (Å²) < 4.78 is 36.9. The molecule has 0 rings (SSSR count). The van der Waals surface area contributed by atoms with Crippen LogP contribution in [0.5, 0.6) is 0 Å². The Kier molecular flexibility index (Phi) is 8.60. The minimum absolute atomic E-state index is 0.0553. The highest BCUT2D eigenvalue weighted by atomic mass is 19.4. The van der Waals surface area contributed by atoms with Crippen LogP contribution in [-0.4, -0.2) is 43.3 Å². The van der Waals surface area contributed by atoms with Crippen molar-refractivity contribution >= 4 is 0 Å². The number of unbranched alkanes of at least 4 members (excludes halogenated alkanes) is 1. The van der Waals surface area contributed by atoms with Crippen molar-refractivity contribution in [2.45, 2.75) is 52.3 Å². The summed E-state index contributed by atoms with van der Waals surface area (Å²) >= 11 is 0. The van der Waals surface area contributed by atoms with Crippen molar-refractivity contribution in [3.63, 3.8) is 0 Å². The van der Waals surface area contributed by atoms with Gasteiger partial charge in [-0.05, 0) is 52.7 Å². The molecule has 0 aliphatic carbocycles. The van der Waals surface area contributed by atoms with E-state index >= 15 is 0 Å². The van der Waals surface area contributed by atoms with Crippen LogP contribution >= 0.6 is 0 Å². The number of halogens is 3. The van der Waals surface area contributed by atoms with Crippen molar-refractivity contribution < 1.29 is 13.2 Å². The van der Waals surface area contributed by atoms with Gasteiger partial charge in [0.1, 0.15) is 0 Å². The Bertz CT molecular complexity index is 181. The van der Waals surface area contributed by atoms with E-state index in [-0.39, 0.29) is 6.04 Å². The monoisotopic (exact) mass is 254 g/mol. The maximum atomic E-state index is 12.3. The molecule has 0 atom stereocenters. The lowest BCUT2D eigenvalue weighted by Crippen LogP contribution is -2.39. The number of hydrogen-bond acceptors (Lipinski definition) is 2. The molecule has 1 N–H and O–H groups in total. The molecule has 17 heavy (non-hydrogen) atoms. The van der Waals surface area contributed by atoms with E-state index in [0.29, 0.717) is 6.54 Å². The number of nitrogens with zero attached hydrogens (tertiary/aromatic N) is 1. The summed E-state index contributed by atoms with van der Waals surface area (Å²) in [5.74, 6) is 0. The second kappa shape index (κ2) is 8.75. The first-order chi connectivity index (χ1) is 7.87. The molecule has 0 saturated carbocycles. The van der Waals surface area contributed by atoms with Gasteiger partial charge in [0.15, 0.2) is 0 Å². The third-order valence-corrected chi connectivity index (χ3v) is 2.59. The van der Waals surface area contributed by atoms with Crippen molar-refractivity contribution in [1.29, 1.82) is 0 Å². The van der Waals surface area contributed by atoms with E-state index in [9.17, 15) is 13.2 Å². The van der Waals surface area contributed by atoms with E-state index in [2.05, 4.69) is 12.2 Å². The van der Waals surface area contributed by atoms with Crippen molar-refractivity contribution in [2.24, 2.45) is 0 Å². The van der Waals surface area contributed by atoms with E-state index in [1.165, 1.54) is 4.90 Å². The van der Waals surface area contributed by atoms with Crippen LogP contribution in [0.4, 0.5) is 13.2 Å². The molecule has 104 valence electrons. The number of nitrogens with one attached hydrogen (secondary N) is 1. The second-order valence-electron chi connectivity index (χ2n) is 4.64. The molecule has 0 fully saturated rings. The predicted octanol–water partition coefficient (Wildman–Crippen LogP) is 3.04. The fourth-order valence-electron chi connectivity index (χ4n) is 1.62. The Balaban J connectivity index is 3.71. The van der Waals surface area contributed by atoms with Crippen LogP contribution in [0.3, 0.4) is 0 Å². The Hall–Kier alpha value is -0.290. The normalized spacial score (nSPS) is 12.7. The Morgan fingerprint density at radius 3 is 2.24 bits per heavy atom. The molecule has 0 saturated heterocycles. The molecule has 0 aliphatic heterocycles. The summed E-state index contributed by atoms with van der Waals surface area (Å²) in [6.45, 7) is 7.30. The smallest absolute Gasteiger partial charge is 0.317 e. The van der Waals surface area contributed by atoms with Gasteiger partial charge in [-0.2, -0.15) is 13.2 Å². The van der Waals surface area contributed by atoms with Gasteiger partial charge in [0.05, 0.1) is 6.54 Å². The van der Waals surface area contributed by atoms with E-state index in [1.807, 2.05) is 0 Å². The standard InChI is InChI=1S/C12H25F3N2/c1-4-7-16-8-5-6-9-17(11(2)3)10-12(13,14)15/h11,16H,4-10H2,1-3H3. The highest BCUT2D eigenvalue weighted by Gasteiger charge is 2.31. The highest BCUT2D eigenvalue weighted by Crippen LogP contribution is 2.18. The highest BCUT2D eigenvalue weighted by molar-refractivity contribution is 4.67. The first-order valence-corrected chi connectivity index (χ1v) is 6.38. The van der Waals surface area contributed by atoms with Crippen molar-refractivity contribution in [3.05, 3.63) is 0 Å². The van der Waals surface area contributed by atoms with Crippen LogP contribution in [0.1, 0.15) is 40.0 Å². The summed E-state index contributed by atoms with van der Waals surface area (Å²) in [5, 5.41) is 3.25. The zero-order chi connectivity index (χ0) is 13.3. The van der Waals surface area contributed by atoms with Gasteiger partial charge in [0, 0.05) is 6.04 Å². The zero-order valence-corrected chi connectivity index (χ0v) is 11.1. The molecule has 0 aromatic rings. The number of alkyl halides is 3.